The maximum Gasteiger partial charge on any atom is 0.246 e. The van der Waals surface area contributed by atoms with Crippen molar-refractivity contribution >= 4 is 17.5 Å². The number of fused-ring (bicyclic) bond motifs is 1. The van der Waals surface area contributed by atoms with Crippen LogP contribution < -0.4 is 5.32 Å². The van der Waals surface area contributed by atoms with Crippen molar-refractivity contribution in [2.75, 3.05) is 19.7 Å². The van der Waals surface area contributed by atoms with Crippen molar-refractivity contribution in [3.05, 3.63) is 70.7 Å². The number of nitrogens with one attached hydrogen (secondary N) is 1. The van der Waals surface area contributed by atoms with E-state index in [1.165, 1.54) is 5.56 Å². The standard InChI is InChI=1S/C20H21ClN2O2/c21-17-9-5-4-8-15(17)11-23-12-16(14-6-2-1-3-7-14)20-18(23)10-22-19(24)13-25-20/h1-9,16,18,20H,10-13H2,(H,22,24)/t16-,18-,20-/m1/s1. The number of rotatable bonds is 3. The Balaban J connectivity index is 1.63. The number of carbonyl (C=O) groups is 1. The molecule has 2 saturated heterocycles. The van der Waals surface area contributed by atoms with Crippen molar-refractivity contribution in [2.45, 2.75) is 24.6 Å². The van der Waals surface area contributed by atoms with Crippen molar-refractivity contribution in [2.24, 2.45) is 0 Å². The number of amides is 1. The second-order valence-corrected chi connectivity index (χ2v) is 7.09. The third kappa shape index (κ3) is 3.43. The molecule has 2 aromatic rings. The zero-order valence-electron chi connectivity index (χ0n) is 13.9. The van der Waals surface area contributed by atoms with E-state index in [-0.39, 0.29) is 30.6 Å². The number of nitrogens with zero attached hydrogens (tertiary/aromatic N) is 1. The Hall–Kier alpha value is -1.88. The smallest absolute Gasteiger partial charge is 0.246 e. The fourth-order valence-corrected chi connectivity index (χ4v) is 4.10. The normalized spacial score (nSPS) is 26.8. The predicted molar refractivity (Wildman–Crippen MR) is 97.6 cm³/mol. The average molecular weight is 357 g/mol. The Kier molecular flexibility index (Phi) is 4.75. The zero-order chi connectivity index (χ0) is 17.2. The van der Waals surface area contributed by atoms with Crippen LogP contribution >= 0.6 is 11.6 Å². The SMILES string of the molecule is O=C1CO[C@@H]2[C@@H](c3ccccc3)CN(Cc3ccccc3Cl)[C@@H]2CN1. The van der Waals surface area contributed by atoms with Crippen LogP contribution in [0.25, 0.3) is 0 Å². The summed E-state index contributed by atoms with van der Waals surface area (Å²) in [5.74, 6) is 0.209. The molecule has 1 amide bonds. The van der Waals surface area contributed by atoms with Crippen LogP contribution in [0.5, 0.6) is 0 Å². The second-order valence-electron chi connectivity index (χ2n) is 6.69. The highest BCUT2D eigenvalue weighted by Crippen LogP contribution is 2.36. The van der Waals surface area contributed by atoms with Crippen LogP contribution in [0.1, 0.15) is 17.0 Å². The molecule has 0 bridgehead atoms. The second kappa shape index (κ2) is 7.16. The highest BCUT2D eigenvalue weighted by Gasteiger charge is 2.44. The molecule has 0 saturated carbocycles. The molecule has 25 heavy (non-hydrogen) atoms. The van der Waals surface area contributed by atoms with Crippen LogP contribution in [0, 0.1) is 0 Å². The molecule has 1 N–H and O–H groups in total. The van der Waals surface area contributed by atoms with E-state index in [0.29, 0.717) is 6.54 Å². The number of ether oxygens (including phenoxy) is 1. The van der Waals surface area contributed by atoms with Crippen molar-refractivity contribution in [3.63, 3.8) is 0 Å². The van der Waals surface area contributed by atoms with Gasteiger partial charge in [-0.25, -0.2) is 0 Å². The van der Waals surface area contributed by atoms with Crippen LogP contribution in [0.3, 0.4) is 0 Å². The molecule has 0 unspecified atom stereocenters. The largest absolute Gasteiger partial charge is 0.366 e. The van der Waals surface area contributed by atoms with Crippen molar-refractivity contribution in [3.8, 4) is 0 Å². The topological polar surface area (TPSA) is 41.6 Å². The van der Waals surface area contributed by atoms with E-state index in [0.717, 1.165) is 23.7 Å². The fraction of sp³-hybridized carbons (Fsp3) is 0.350. The summed E-state index contributed by atoms with van der Waals surface area (Å²) < 4.78 is 6.02. The van der Waals surface area contributed by atoms with E-state index in [1.807, 2.05) is 24.3 Å². The Morgan fingerprint density at radius 3 is 2.68 bits per heavy atom. The average Bonchev–Trinajstić information content (AvgIpc) is 2.86. The van der Waals surface area contributed by atoms with Gasteiger partial charge in [0, 0.05) is 30.6 Å². The summed E-state index contributed by atoms with van der Waals surface area (Å²) in [6.07, 6.45) is 0.00355. The first-order valence-electron chi connectivity index (χ1n) is 8.63. The monoisotopic (exact) mass is 356 g/mol. The Morgan fingerprint density at radius 2 is 1.88 bits per heavy atom. The summed E-state index contributed by atoms with van der Waals surface area (Å²) >= 11 is 6.36. The summed E-state index contributed by atoms with van der Waals surface area (Å²) in [7, 11) is 0. The maximum absolute atomic E-state index is 11.8. The number of halogens is 1. The van der Waals surface area contributed by atoms with Crippen molar-refractivity contribution in [1.29, 1.82) is 0 Å². The third-order valence-electron chi connectivity index (χ3n) is 5.15. The molecule has 2 aliphatic rings. The molecule has 4 rings (SSSR count). The van der Waals surface area contributed by atoms with Crippen LogP contribution in [-0.4, -0.2) is 42.6 Å². The van der Waals surface area contributed by atoms with Gasteiger partial charge < -0.3 is 10.1 Å². The van der Waals surface area contributed by atoms with Crippen molar-refractivity contribution < 1.29 is 9.53 Å². The highest BCUT2D eigenvalue weighted by atomic mass is 35.5. The Morgan fingerprint density at radius 1 is 1.12 bits per heavy atom. The lowest BCUT2D eigenvalue weighted by atomic mass is 9.93. The van der Waals surface area contributed by atoms with Crippen LogP contribution in [0.15, 0.2) is 54.6 Å². The van der Waals surface area contributed by atoms with Gasteiger partial charge in [0.2, 0.25) is 5.91 Å². The summed E-state index contributed by atoms with van der Waals surface area (Å²) in [6, 6.07) is 18.5. The molecule has 3 atom stereocenters. The summed E-state index contributed by atoms with van der Waals surface area (Å²) in [4.78, 5) is 14.2. The number of likely N-dealkylation sites (tertiary alicyclic amines) is 1. The highest BCUT2D eigenvalue weighted by molar-refractivity contribution is 6.31. The number of benzene rings is 2. The lowest BCUT2D eigenvalue weighted by Crippen LogP contribution is -2.42. The summed E-state index contributed by atoms with van der Waals surface area (Å²) in [5.41, 5.74) is 2.36. The van der Waals surface area contributed by atoms with Gasteiger partial charge in [-0.3, -0.25) is 9.69 Å². The molecule has 2 aromatic carbocycles. The molecular weight excluding hydrogens is 336 g/mol. The molecule has 130 valence electrons. The lowest BCUT2D eigenvalue weighted by molar-refractivity contribution is -0.125. The first-order chi connectivity index (χ1) is 12.2. The fourth-order valence-electron chi connectivity index (χ4n) is 3.90. The van der Waals surface area contributed by atoms with Gasteiger partial charge in [-0.05, 0) is 17.2 Å². The summed E-state index contributed by atoms with van der Waals surface area (Å²) in [5, 5.41) is 3.76. The molecule has 2 fully saturated rings. The van der Waals surface area contributed by atoms with E-state index in [2.05, 4.69) is 40.5 Å². The zero-order valence-corrected chi connectivity index (χ0v) is 14.7. The van der Waals surface area contributed by atoms with Crippen LogP contribution in [0.4, 0.5) is 0 Å². The summed E-state index contributed by atoms with van der Waals surface area (Å²) in [6.45, 7) is 2.38. The van der Waals surface area contributed by atoms with E-state index in [4.69, 9.17) is 16.3 Å². The van der Waals surface area contributed by atoms with Gasteiger partial charge in [0.05, 0.1) is 12.1 Å². The molecule has 2 heterocycles. The first kappa shape index (κ1) is 16.6. The quantitative estimate of drug-likeness (QED) is 0.919. The molecule has 0 aromatic heterocycles. The molecule has 4 nitrogen and oxygen atoms in total. The number of hydrogen-bond donors (Lipinski definition) is 1. The molecular formula is C20H21ClN2O2. The molecule has 5 heteroatoms. The van der Waals surface area contributed by atoms with Gasteiger partial charge in [-0.2, -0.15) is 0 Å². The minimum atomic E-state index is -0.0427. The Labute approximate surface area is 152 Å². The Bertz CT molecular complexity index is 752. The molecule has 0 aliphatic carbocycles. The van der Waals surface area contributed by atoms with Gasteiger partial charge in [-0.1, -0.05) is 60.1 Å². The maximum atomic E-state index is 11.8. The van der Waals surface area contributed by atoms with E-state index >= 15 is 0 Å². The predicted octanol–water partition coefficient (Wildman–Crippen LogP) is 2.82. The van der Waals surface area contributed by atoms with Crippen LogP contribution in [-0.2, 0) is 16.1 Å². The minimum absolute atomic E-state index is 0.00355. The van der Waals surface area contributed by atoms with Gasteiger partial charge in [-0.15, -0.1) is 0 Å². The van der Waals surface area contributed by atoms with Gasteiger partial charge >= 0.3 is 0 Å². The number of carbonyl (C=O) groups excluding carboxylic acids is 1. The molecule has 0 spiro atoms. The third-order valence-corrected chi connectivity index (χ3v) is 5.52. The first-order valence-corrected chi connectivity index (χ1v) is 9.01. The van der Waals surface area contributed by atoms with Gasteiger partial charge in [0.25, 0.3) is 0 Å². The lowest BCUT2D eigenvalue weighted by Gasteiger charge is -2.26. The van der Waals surface area contributed by atoms with Gasteiger partial charge in [0.15, 0.2) is 0 Å². The number of hydrogen-bond acceptors (Lipinski definition) is 3. The van der Waals surface area contributed by atoms with E-state index in [1.54, 1.807) is 0 Å². The van der Waals surface area contributed by atoms with Crippen LogP contribution in [0.2, 0.25) is 5.02 Å². The molecule has 0 radical (unpaired) electrons. The minimum Gasteiger partial charge on any atom is -0.366 e. The molecule has 2 aliphatic heterocycles. The van der Waals surface area contributed by atoms with E-state index < -0.39 is 0 Å². The van der Waals surface area contributed by atoms with Gasteiger partial charge in [0.1, 0.15) is 6.61 Å². The van der Waals surface area contributed by atoms with Crippen molar-refractivity contribution in [1.82, 2.24) is 10.2 Å². The van der Waals surface area contributed by atoms with E-state index in [9.17, 15) is 4.79 Å².